The first-order valence-corrected chi connectivity index (χ1v) is 4.24. The van der Waals surface area contributed by atoms with Gasteiger partial charge in [0.1, 0.15) is 0 Å². The summed E-state index contributed by atoms with van der Waals surface area (Å²) in [6.07, 6.45) is 1.65. The number of halogens is 1. The number of carboxylic acids is 1. The number of aromatic amines is 1. The average Bonchev–Trinajstić information content (AvgIpc) is 2.55. The smallest absolute Gasteiger partial charge is 0.355 e. The van der Waals surface area contributed by atoms with E-state index >= 15 is 0 Å². The Hall–Kier alpha value is -1.32. The number of carbonyl (C=O) groups is 1. The van der Waals surface area contributed by atoms with E-state index in [9.17, 15) is 9.18 Å². The van der Waals surface area contributed by atoms with Gasteiger partial charge in [0.05, 0.1) is 0 Å². The van der Waals surface area contributed by atoms with Crippen LogP contribution >= 0.6 is 0 Å². The van der Waals surface area contributed by atoms with Crippen LogP contribution in [0.15, 0.2) is 0 Å². The highest BCUT2D eigenvalue weighted by molar-refractivity contribution is 5.86. The van der Waals surface area contributed by atoms with E-state index in [-0.39, 0.29) is 11.6 Å². The fourth-order valence-electron chi connectivity index (χ4n) is 1.90. The van der Waals surface area contributed by atoms with Crippen molar-refractivity contribution in [3.8, 4) is 0 Å². The Labute approximate surface area is 74.6 Å². The first-order chi connectivity index (χ1) is 6.11. The Bertz CT molecular complexity index is 370. The van der Waals surface area contributed by atoms with Crippen LogP contribution in [-0.4, -0.2) is 16.1 Å². The van der Waals surface area contributed by atoms with E-state index in [1.807, 2.05) is 6.92 Å². The summed E-state index contributed by atoms with van der Waals surface area (Å²) in [5, 5.41) is 8.64. The van der Waals surface area contributed by atoms with E-state index in [0.717, 1.165) is 18.5 Å². The molecule has 1 aromatic rings. The predicted octanol–water partition coefficient (Wildman–Crippen LogP) is 1.90. The Morgan fingerprint density at radius 3 is 2.92 bits per heavy atom. The molecule has 1 atom stereocenters. The number of aromatic nitrogens is 1. The number of hydrogen-bond donors (Lipinski definition) is 2. The fourth-order valence-corrected chi connectivity index (χ4v) is 1.90. The van der Waals surface area contributed by atoms with E-state index in [1.165, 1.54) is 0 Å². The van der Waals surface area contributed by atoms with Crippen LogP contribution in [0.5, 0.6) is 0 Å². The van der Waals surface area contributed by atoms with Crippen LogP contribution in [0.4, 0.5) is 4.39 Å². The Kier molecular flexibility index (Phi) is 1.65. The molecule has 0 aromatic carbocycles. The zero-order valence-corrected chi connectivity index (χ0v) is 7.22. The van der Waals surface area contributed by atoms with Gasteiger partial charge in [-0.1, -0.05) is 6.92 Å². The number of aryl methyl sites for hydroxylation is 1. The molecule has 0 fully saturated rings. The van der Waals surface area contributed by atoms with Crippen molar-refractivity contribution in [3.63, 3.8) is 0 Å². The van der Waals surface area contributed by atoms with Gasteiger partial charge in [0.15, 0.2) is 11.5 Å². The number of carboxylic acid groups (broad SMARTS) is 1. The molecular weight excluding hydrogens is 173 g/mol. The maximum absolute atomic E-state index is 13.4. The zero-order chi connectivity index (χ0) is 9.59. The SMILES string of the molecule is C[C@H]1CCc2[nH]c(C(=O)O)c(F)c21. The summed E-state index contributed by atoms with van der Waals surface area (Å²) in [7, 11) is 0. The number of aromatic carboxylic acids is 1. The first-order valence-electron chi connectivity index (χ1n) is 4.24. The summed E-state index contributed by atoms with van der Waals surface area (Å²) < 4.78 is 13.4. The van der Waals surface area contributed by atoms with Crippen LogP contribution in [0.2, 0.25) is 0 Å². The van der Waals surface area contributed by atoms with E-state index in [1.54, 1.807) is 0 Å². The summed E-state index contributed by atoms with van der Waals surface area (Å²) in [5.41, 5.74) is 1.02. The van der Waals surface area contributed by atoms with E-state index in [0.29, 0.717) is 5.56 Å². The fraction of sp³-hybridized carbons (Fsp3) is 0.444. The molecule has 1 aromatic heterocycles. The highest BCUT2D eigenvalue weighted by atomic mass is 19.1. The number of nitrogens with one attached hydrogen (secondary N) is 1. The van der Waals surface area contributed by atoms with Gasteiger partial charge in [-0.05, 0) is 18.8 Å². The van der Waals surface area contributed by atoms with Crippen molar-refractivity contribution < 1.29 is 14.3 Å². The molecule has 0 bridgehead atoms. The molecule has 70 valence electrons. The average molecular weight is 183 g/mol. The lowest BCUT2D eigenvalue weighted by Crippen LogP contribution is -2.01. The highest BCUT2D eigenvalue weighted by Gasteiger charge is 2.29. The minimum absolute atomic E-state index is 0.138. The van der Waals surface area contributed by atoms with Gasteiger partial charge in [-0.25, -0.2) is 9.18 Å². The second kappa shape index (κ2) is 2.58. The molecular formula is C9H10FNO2. The largest absolute Gasteiger partial charge is 0.476 e. The Morgan fingerprint density at radius 1 is 1.69 bits per heavy atom. The van der Waals surface area contributed by atoms with Gasteiger partial charge < -0.3 is 10.1 Å². The van der Waals surface area contributed by atoms with Crippen LogP contribution < -0.4 is 0 Å². The summed E-state index contributed by atoms with van der Waals surface area (Å²) >= 11 is 0. The molecule has 0 amide bonds. The van der Waals surface area contributed by atoms with Crippen molar-refractivity contribution >= 4 is 5.97 Å². The molecule has 0 spiro atoms. The molecule has 0 aliphatic heterocycles. The van der Waals surface area contributed by atoms with Gasteiger partial charge >= 0.3 is 5.97 Å². The molecule has 13 heavy (non-hydrogen) atoms. The van der Waals surface area contributed by atoms with Gasteiger partial charge in [0, 0.05) is 11.3 Å². The molecule has 2 rings (SSSR count). The number of hydrogen-bond acceptors (Lipinski definition) is 1. The minimum Gasteiger partial charge on any atom is -0.476 e. The lowest BCUT2D eigenvalue weighted by Gasteiger charge is -1.99. The lowest BCUT2D eigenvalue weighted by atomic mass is 10.1. The van der Waals surface area contributed by atoms with Gasteiger partial charge in [-0.3, -0.25) is 0 Å². The van der Waals surface area contributed by atoms with Crippen molar-refractivity contribution in [1.82, 2.24) is 4.98 Å². The van der Waals surface area contributed by atoms with Gasteiger partial charge in [0.2, 0.25) is 0 Å². The van der Waals surface area contributed by atoms with E-state index in [4.69, 9.17) is 5.11 Å². The van der Waals surface area contributed by atoms with E-state index < -0.39 is 11.8 Å². The monoisotopic (exact) mass is 183 g/mol. The minimum atomic E-state index is -1.22. The zero-order valence-electron chi connectivity index (χ0n) is 7.22. The Morgan fingerprint density at radius 2 is 2.38 bits per heavy atom. The third kappa shape index (κ3) is 1.05. The first kappa shape index (κ1) is 8.29. The summed E-state index contributed by atoms with van der Waals surface area (Å²) in [4.78, 5) is 13.2. The number of rotatable bonds is 1. The molecule has 2 N–H and O–H groups in total. The van der Waals surface area contributed by atoms with Crippen LogP contribution in [-0.2, 0) is 6.42 Å². The molecule has 0 radical (unpaired) electrons. The third-order valence-corrected chi connectivity index (χ3v) is 2.59. The second-order valence-corrected chi connectivity index (χ2v) is 3.45. The quantitative estimate of drug-likeness (QED) is 0.698. The molecule has 4 heteroatoms. The van der Waals surface area contributed by atoms with Crippen molar-refractivity contribution in [2.45, 2.75) is 25.7 Å². The number of fused-ring (bicyclic) bond motifs is 1. The third-order valence-electron chi connectivity index (χ3n) is 2.59. The molecule has 0 saturated heterocycles. The van der Waals surface area contributed by atoms with E-state index in [2.05, 4.69) is 4.98 Å². The molecule has 0 saturated carbocycles. The number of H-pyrrole nitrogens is 1. The van der Waals surface area contributed by atoms with Crippen LogP contribution in [0.1, 0.15) is 41.0 Å². The molecule has 1 heterocycles. The van der Waals surface area contributed by atoms with Crippen LogP contribution in [0.3, 0.4) is 0 Å². The highest BCUT2D eigenvalue weighted by Crippen LogP contribution is 2.35. The topological polar surface area (TPSA) is 53.1 Å². The molecule has 1 aliphatic rings. The van der Waals surface area contributed by atoms with Crippen molar-refractivity contribution in [1.29, 1.82) is 0 Å². The lowest BCUT2D eigenvalue weighted by molar-refractivity contribution is 0.0685. The van der Waals surface area contributed by atoms with Gasteiger partial charge in [-0.15, -0.1) is 0 Å². The molecule has 3 nitrogen and oxygen atoms in total. The summed E-state index contributed by atoms with van der Waals surface area (Å²) in [6, 6.07) is 0. The summed E-state index contributed by atoms with van der Waals surface area (Å²) in [5.74, 6) is -1.66. The normalized spacial score (nSPS) is 20.3. The summed E-state index contributed by atoms with van der Waals surface area (Å²) in [6.45, 7) is 1.91. The van der Waals surface area contributed by atoms with Crippen molar-refractivity contribution in [3.05, 3.63) is 22.8 Å². The standard InChI is InChI=1S/C9H10FNO2/c1-4-2-3-5-6(4)7(10)8(11-5)9(12)13/h4,11H,2-3H2,1H3,(H,12,13)/t4-/m0/s1. The predicted molar refractivity (Wildman–Crippen MR) is 44.4 cm³/mol. The van der Waals surface area contributed by atoms with Gasteiger partial charge in [0.25, 0.3) is 0 Å². The molecule has 1 aliphatic carbocycles. The van der Waals surface area contributed by atoms with Crippen molar-refractivity contribution in [2.75, 3.05) is 0 Å². The maximum Gasteiger partial charge on any atom is 0.355 e. The van der Waals surface area contributed by atoms with Gasteiger partial charge in [-0.2, -0.15) is 0 Å². The molecule has 0 unspecified atom stereocenters. The van der Waals surface area contributed by atoms with Crippen LogP contribution in [0.25, 0.3) is 0 Å². The maximum atomic E-state index is 13.4. The second-order valence-electron chi connectivity index (χ2n) is 3.45. The van der Waals surface area contributed by atoms with Crippen molar-refractivity contribution in [2.24, 2.45) is 0 Å². The Balaban J connectivity index is 2.56. The van der Waals surface area contributed by atoms with Crippen LogP contribution in [0, 0.1) is 5.82 Å².